The van der Waals surface area contributed by atoms with Gasteiger partial charge in [0.25, 0.3) is 0 Å². The number of likely N-dealkylation sites (tertiary alicyclic amines) is 1. The zero-order valence-corrected chi connectivity index (χ0v) is 12.7. The van der Waals surface area contributed by atoms with Crippen LogP contribution < -0.4 is 5.32 Å². The quantitative estimate of drug-likeness (QED) is 0.884. The van der Waals surface area contributed by atoms with Crippen molar-refractivity contribution in [3.63, 3.8) is 0 Å². The van der Waals surface area contributed by atoms with Crippen LogP contribution in [0, 0.1) is 12.8 Å². The van der Waals surface area contributed by atoms with Crippen LogP contribution in [0.15, 0.2) is 10.5 Å². The summed E-state index contributed by atoms with van der Waals surface area (Å²) in [5.74, 6) is 3.12. The van der Waals surface area contributed by atoms with Gasteiger partial charge in [-0.25, -0.2) is 0 Å². The number of rotatable bonds is 5. The summed E-state index contributed by atoms with van der Waals surface area (Å²) in [5.41, 5.74) is 1.29. The lowest BCUT2D eigenvalue weighted by molar-refractivity contribution is 0.247. The fourth-order valence-corrected chi connectivity index (χ4v) is 3.04. The highest BCUT2D eigenvalue weighted by molar-refractivity contribution is 5.20. The van der Waals surface area contributed by atoms with Crippen LogP contribution in [-0.2, 0) is 13.1 Å². The van der Waals surface area contributed by atoms with E-state index in [1.165, 1.54) is 44.3 Å². The molecule has 1 aliphatic heterocycles. The molecule has 3 heteroatoms. The van der Waals surface area contributed by atoms with Gasteiger partial charge in [-0.3, -0.25) is 4.90 Å². The van der Waals surface area contributed by atoms with Crippen LogP contribution in [0.1, 0.15) is 49.7 Å². The molecule has 1 atom stereocenters. The van der Waals surface area contributed by atoms with Gasteiger partial charge in [-0.05, 0) is 58.3 Å². The Bertz CT molecular complexity index is 386. The van der Waals surface area contributed by atoms with E-state index in [4.69, 9.17) is 4.42 Å². The van der Waals surface area contributed by atoms with Crippen molar-refractivity contribution in [1.82, 2.24) is 10.2 Å². The molecule has 1 aliphatic rings. The van der Waals surface area contributed by atoms with Crippen LogP contribution in [0.5, 0.6) is 0 Å². The Morgan fingerprint density at radius 3 is 2.95 bits per heavy atom. The Morgan fingerprint density at radius 2 is 2.21 bits per heavy atom. The molecule has 0 amide bonds. The summed E-state index contributed by atoms with van der Waals surface area (Å²) in [4.78, 5) is 2.55. The van der Waals surface area contributed by atoms with Gasteiger partial charge < -0.3 is 9.73 Å². The lowest BCUT2D eigenvalue weighted by atomic mass is 9.98. The van der Waals surface area contributed by atoms with Gasteiger partial charge in [0, 0.05) is 12.1 Å². The van der Waals surface area contributed by atoms with Crippen molar-refractivity contribution in [2.24, 2.45) is 5.92 Å². The minimum Gasteiger partial charge on any atom is -0.465 e. The second-order valence-corrected chi connectivity index (χ2v) is 5.81. The molecule has 0 aliphatic carbocycles. The van der Waals surface area contributed by atoms with Crippen LogP contribution in [0.2, 0.25) is 0 Å². The Hall–Kier alpha value is -0.800. The minimum atomic E-state index is 0.896. The first kappa shape index (κ1) is 14.6. The van der Waals surface area contributed by atoms with Crippen molar-refractivity contribution >= 4 is 0 Å². The summed E-state index contributed by atoms with van der Waals surface area (Å²) < 4.78 is 5.88. The van der Waals surface area contributed by atoms with Gasteiger partial charge in [0.15, 0.2) is 0 Å². The molecule has 2 heterocycles. The van der Waals surface area contributed by atoms with E-state index >= 15 is 0 Å². The van der Waals surface area contributed by atoms with Crippen molar-refractivity contribution in [1.29, 1.82) is 0 Å². The monoisotopic (exact) mass is 264 g/mol. The maximum atomic E-state index is 5.88. The van der Waals surface area contributed by atoms with Crippen molar-refractivity contribution < 1.29 is 4.42 Å². The van der Waals surface area contributed by atoms with Crippen molar-refractivity contribution in [3.05, 3.63) is 23.2 Å². The third kappa shape index (κ3) is 4.08. The van der Waals surface area contributed by atoms with E-state index in [0.29, 0.717) is 0 Å². The Labute approximate surface area is 117 Å². The highest BCUT2D eigenvalue weighted by atomic mass is 16.3. The number of nitrogens with one attached hydrogen (secondary N) is 1. The Balaban J connectivity index is 1.91. The minimum absolute atomic E-state index is 0.896. The summed E-state index contributed by atoms with van der Waals surface area (Å²) in [6, 6.07) is 2.22. The summed E-state index contributed by atoms with van der Waals surface area (Å²) in [6.07, 6.45) is 5.41. The first-order chi connectivity index (χ1) is 9.22. The molecule has 0 bridgehead atoms. The lowest BCUT2D eigenvalue weighted by Crippen LogP contribution is -2.24. The molecule has 0 aromatic carbocycles. The lowest BCUT2D eigenvalue weighted by Gasteiger charge is -2.18. The smallest absolute Gasteiger partial charge is 0.118 e. The molecule has 1 aromatic rings. The van der Waals surface area contributed by atoms with Gasteiger partial charge in [0.1, 0.15) is 11.5 Å². The van der Waals surface area contributed by atoms with Gasteiger partial charge in [0.2, 0.25) is 0 Å². The number of furan rings is 1. The van der Waals surface area contributed by atoms with Crippen LogP contribution in [0.4, 0.5) is 0 Å². The molecule has 2 rings (SSSR count). The van der Waals surface area contributed by atoms with Crippen LogP contribution in [0.25, 0.3) is 0 Å². The maximum Gasteiger partial charge on any atom is 0.118 e. The maximum absolute atomic E-state index is 5.88. The van der Waals surface area contributed by atoms with Crippen LogP contribution in [-0.4, -0.2) is 25.0 Å². The average molecular weight is 264 g/mol. The molecule has 0 radical (unpaired) electrons. The normalized spacial score (nSPS) is 21.5. The van der Waals surface area contributed by atoms with E-state index in [0.717, 1.165) is 30.5 Å². The van der Waals surface area contributed by atoms with Gasteiger partial charge in [-0.15, -0.1) is 0 Å². The molecular weight excluding hydrogens is 236 g/mol. The first-order valence-corrected chi connectivity index (χ1v) is 7.68. The van der Waals surface area contributed by atoms with Crippen molar-refractivity contribution in [2.45, 2.75) is 52.6 Å². The molecular formula is C16H28N2O. The van der Waals surface area contributed by atoms with E-state index in [2.05, 4.69) is 30.1 Å². The van der Waals surface area contributed by atoms with Crippen LogP contribution in [0.3, 0.4) is 0 Å². The number of hydrogen-bond acceptors (Lipinski definition) is 3. The largest absolute Gasteiger partial charge is 0.465 e. The SMILES string of the molecule is CCC1CCCN(Cc2cc(CNC)c(C)o2)CC1. The zero-order chi connectivity index (χ0) is 13.7. The molecule has 0 saturated carbocycles. The predicted octanol–water partition coefficient (Wildman–Crippen LogP) is 3.32. The molecule has 1 unspecified atom stereocenters. The highest BCUT2D eigenvalue weighted by Gasteiger charge is 2.17. The number of aryl methyl sites for hydroxylation is 1. The first-order valence-electron chi connectivity index (χ1n) is 7.68. The molecule has 1 N–H and O–H groups in total. The van der Waals surface area contributed by atoms with E-state index in [-0.39, 0.29) is 0 Å². The van der Waals surface area contributed by atoms with E-state index < -0.39 is 0 Å². The molecule has 3 nitrogen and oxygen atoms in total. The third-order valence-electron chi connectivity index (χ3n) is 4.34. The van der Waals surface area contributed by atoms with Crippen LogP contribution >= 0.6 is 0 Å². The average Bonchev–Trinajstić information content (AvgIpc) is 2.62. The van der Waals surface area contributed by atoms with Gasteiger partial charge >= 0.3 is 0 Å². The van der Waals surface area contributed by atoms with E-state index in [9.17, 15) is 0 Å². The second kappa shape index (κ2) is 7.11. The Kier molecular flexibility index (Phi) is 5.46. The summed E-state index contributed by atoms with van der Waals surface area (Å²) in [6.45, 7) is 8.69. The zero-order valence-electron chi connectivity index (χ0n) is 12.7. The number of nitrogens with zero attached hydrogens (tertiary/aromatic N) is 1. The Morgan fingerprint density at radius 1 is 1.37 bits per heavy atom. The molecule has 1 saturated heterocycles. The third-order valence-corrected chi connectivity index (χ3v) is 4.34. The standard InChI is InChI=1S/C16H28N2O/c1-4-14-6-5-8-18(9-7-14)12-16-10-15(11-17-3)13(2)19-16/h10,14,17H,4-9,11-12H2,1-3H3. The topological polar surface area (TPSA) is 28.4 Å². The molecule has 1 fully saturated rings. The van der Waals surface area contributed by atoms with Crippen molar-refractivity contribution in [3.8, 4) is 0 Å². The van der Waals surface area contributed by atoms with Gasteiger partial charge in [-0.1, -0.05) is 13.3 Å². The van der Waals surface area contributed by atoms with Crippen molar-refractivity contribution in [2.75, 3.05) is 20.1 Å². The molecule has 108 valence electrons. The summed E-state index contributed by atoms with van der Waals surface area (Å²) in [7, 11) is 1.98. The second-order valence-electron chi connectivity index (χ2n) is 5.81. The van der Waals surface area contributed by atoms with E-state index in [1.807, 2.05) is 7.05 Å². The fraction of sp³-hybridized carbons (Fsp3) is 0.750. The van der Waals surface area contributed by atoms with E-state index in [1.54, 1.807) is 0 Å². The summed E-state index contributed by atoms with van der Waals surface area (Å²) in [5, 5.41) is 3.19. The summed E-state index contributed by atoms with van der Waals surface area (Å²) >= 11 is 0. The predicted molar refractivity (Wildman–Crippen MR) is 79.1 cm³/mol. The molecule has 19 heavy (non-hydrogen) atoms. The highest BCUT2D eigenvalue weighted by Crippen LogP contribution is 2.22. The van der Waals surface area contributed by atoms with Gasteiger partial charge in [-0.2, -0.15) is 0 Å². The molecule has 0 spiro atoms. The fourth-order valence-electron chi connectivity index (χ4n) is 3.04. The number of hydrogen-bond donors (Lipinski definition) is 1. The molecule has 1 aromatic heterocycles. The van der Waals surface area contributed by atoms with Gasteiger partial charge in [0.05, 0.1) is 6.54 Å².